The lowest BCUT2D eigenvalue weighted by Gasteiger charge is -2.24. The van der Waals surface area contributed by atoms with Crippen molar-refractivity contribution in [1.29, 1.82) is 0 Å². The Morgan fingerprint density at radius 3 is 2.19 bits per heavy atom. The van der Waals surface area contributed by atoms with Crippen LogP contribution in [0.4, 0.5) is 5.69 Å². The Labute approximate surface area is 217 Å². The molecule has 182 valence electrons. The quantitative estimate of drug-likeness (QED) is 0.190. The van der Waals surface area contributed by atoms with Crippen molar-refractivity contribution in [3.8, 4) is 11.1 Å². The first-order valence-corrected chi connectivity index (χ1v) is 12.4. The smallest absolute Gasteiger partial charge is 0.267 e. The van der Waals surface area contributed by atoms with E-state index in [9.17, 15) is 19.7 Å². The number of nitro benzene ring substituents is 1. The normalized spacial score (nSPS) is 16.1. The fourth-order valence-electron chi connectivity index (χ4n) is 3.99. The fourth-order valence-corrected chi connectivity index (χ4v) is 5.18. The summed E-state index contributed by atoms with van der Waals surface area (Å²) < 4.78 is 0. The van der Waals surface area contributed by atoms with Crippen LogP contribution in [-0.2, 0) is 4.79 Å². The second-order valence-corrected chi connectivity index (χ2v) is 9.42. The largest absolute Gasteiger partial charge is 0.280 e. The summed E-state index contributed by atoms with van der Waals surface area (Å²) in [7, 11) is 0. The molecule has 4 aromatic rings. The molecule has 0 bridgehead atoms. The summed E-state index contributed by atoms with van der Waals surface area (Å²) in [5.41, 5.74) is 6.52. The number of carbonyl (C=O) groups is 2. The number of benzene rings is 4. The zero-order valence-electron chi connectivity index (χ0n) is 19.5. The molecule has 4 aromatic carbocycles. The summed E-state index contributed by atoms with van der Waals surface area (Å²) in [5, 5.41) is 12.0. The van der Waals surface area contributed by atoms with Crippen molar-refractivity contribution in [3.05, 3.63) is 141 Å². The van der Waals surface area contributed by atoms with Gasteiger partial charge in [-0.25, -0.2) is 5.01 Å². The van der Waals surface area contributed by atoms with Gasteiger partial charge in [-0.2, -0.15) is 0 Å². The van der Waals surface area contributed by atoms with Crippen LogP contribution in [0.5, 0.6) is 0 Å². The highest BCUT2D eigenvalue weighted by molar-refractivity contribution is 8.04. The molecule has 37 heavy (non-hydrogen) atoms. The molecule has 5 rings (SSSR count). The van der Waals surface area contributed by atoms with Crippen molar-refractivity contribution in [3.63, 3.8) is 0 Å². The summed E-state index contributed by atoms with van der Waals surface area (Å²) in [4.78, 5) is 37.6. The second kappa shape index (κ2) is 10.5. The highest BCUT2D eigenvalue weighted by Gasteiger charge is 2.38. The van der Waals surface area contributed by atoms with Crippen molar-refractivity contribution in [2.24, 2.45) is 0 Å². The van der Waals surface area contributed by atoms with Crippen LogP contribution in [0.2, 0.25) is 0 Å². The van der Waals surface area contributed by atoms with Gasteiger partial charge < -0.3 is 0 Å². The number of hydrogen-bond donors (Lipinski definition) is 1. The van der Waals surface area contributed by atoms with E-state index in [1.54, 1.807) is 30.3 Å². The first-order chi connectivity index (χ1) is 18.0. The lowest BCUT2D eigenvalue weighted by Crippen LogP contribution is -2.44. The van der Waals surface area contributed by atoms with E-state index in [1.165, 1.54) is 28.9 Å². The van der Waals surface area contributed by atoms with Crippen molar-refractivity contribution in [2.45, 2.75) is 5.37 Å². The van der Waals surface area contributed by atoms with Crippen LogP contribution in [0.1, 0.15) is 26.9 Å². The van der Waals surface area contributed by atoms with Crippen molar-refractivity contribution >= 4 is 35.3 Å². The predicted octanol–water partition coefficient (Wildman–Crippen LogP) is 6.22. The molecule has 1 unspecified atom stereocenters. The molecule has 0 aromatic heterocycles. The SMILES string of the molecule is O=C(NN1C(=O)/C(=C/c2cccc([N+](=O)[O-])c2)SC1c1ccccc1)c1ccc(-c2ccccc2)cc1. The molecule has 7 nitrogen and oxygen atoms in total. The highest BCUT2D eigenvalue weighted by Crippen LogP contribution is 2.45. The molecular weight excluding hydrogens is 486 g/mol. The van der Waals surface area contributed by atoms with E-state index in [-0.39, 0.29) is 11.6 Å². The van der Waals surface area contributed by atoms with Crippen molar-refractivity contribution in [2.75, 3.05) is 0 Å². The van der Waals surface area contributed by atoms with Crippen LogP contribution < -0.4 is 5.43 Å². The molecule has 0 radical (unpaired) electrons. The molecule has 0 aliphatic carbocycles. The molecule has 0 spiro atoms. The molecule has 0 saturated carbocycles. The zero-order valence-corrected chi connectivity index (χ0v) is 20.3. The number of rotatable bonds is 6. The monoisotopic (exact) mass is 507 g/mol. The summed E-state index contributed by atoms with van der Waals surface area (Å²) in [6.45, 7) is 0. The first kappa shape index (κ1) is 24.0. The topological polar surface area (TPSA) is 92.6 Å². The van der Waals surface area contributed by atoms with E-state index < -0.39 is 16.2 Å². The maximum atomic E-state index is 13.4. The number of hydrazine groups is 1. The van der Waals surface area contributed by atoms with Gasteiger partial charge in [0.05, 0.1) is 9.83 Å². The van der Waals surface area contributed by atoms with E-state index in [0.717, 1.165) is 16.7 Å². The third kappa shape index (κ3) is 5.29. The van der Waals surface area contributed by atoms with Gasteiger partial charge in [-0.15, -0.1) is 0 Å². The van der Waals surface area contributed by atoms with E-state index in [2.05, 4.69) is 5.43 Å². The summed E-state index contributed by atoms with van der Waals surface area (Å²) in [6, 6.07) is 32.5. The Morgan fingerprint density at radius 1 is 0.865 bits per heavy atom. The summed E-state index contributed by atoms with van der Waals surface area (Å²) in [5.74, 6) is -0.800. The van der Waals surface area contributed by atoms with Gasteiger partial charge in [0.1, 0.15) is 5.37 Å². The van der Waals surface area contributed by atoms with Crippen LogP contribution in [0.3, 0.4) is 0 Å². The lowest BCUT2D eigenvalue weighted by molar-refractivity contribution is -0.384. The molecule has 8 heteroatoms. The van der Waals surface area contributed by atoms with Crippen LogP contribution in [0, 0.1) is 10.1 Å². The minimum Gasteiger partial charge on any atom is -0.267 e. The number of amides is 2. The first-order valence-electron chi connectivity index (χ1n) is 11.5. The molecule has 1 heterocycles. The third-order valence-corrected chi connectivity index (χ3v) is 7.10. The second-order valence-electron chi connectivity index (χ2n) is 8.30. The number of carbonyl (C=O) groups excluding carboxylic acids is 2. The fraction of sp³-hybridized carbons (Fsp3) is 0.0345. The Morgan fingerprint density at radius 2 is 1.51 bits per heavy atom. The number of nitro groups is 1. The van der Waals surface area contributed by atoms with Gasteiger partial charge in [0.25, 0.3) is 17.5 Å². The Hall–Kier alpha value is -4.69. The van der Waals surface area contributed by atoms with Gasteiger partial charge in [-0.05, 0) is 40.5 Å². The van der Waals surface area contributed by atoms with Crippen LogP contribution >= 0.6 is 11.8 Å². The van der Waals surface area contributed by atoms with Gasteiger partial charge in [0.15, 0.2) is 0 Å². The molecule has 1 N–H and O–H groups in total. The average Bonchev–Trinajstić information content (AvgIpc) is 3.24. The predicted molar refractivity (Wildman–Crippen MR) is 144 cm³/mol. The van der Waals surface area contributed by atoms with Crippen molar-refractivity contribution in [1.82, 2.24) is 10.4 Å². The zero-order chi connectivity index (χ0) is 25.8. The molecular formula is C29H21N3O4S. The molecule has 1 aliphatic heterocycles. The van der Waals surface area contributed by atoms with Gasteiger partial charge in [0, 0.05) is 17.7 Å². The van der Waals surface area contributed by atoms with E-state index >= 15 is 0 Å². The van der Waals surface area contributed by atoms with Gasteiger partial charge in [-0.1, -0.05) is 96.7 Å². The van der Waals surface area contributed by atoms with Crippen LogP contribution in [0.25, 0.3) is 17.2 Å². The molecule has 1 atom stereocenters. The number of hydrogen-bond acceptors (Lipinski definition) is 5. The third-order valence-electron chi connectivity index (χ3n) is 5.84. The summed E-state index contributed by atoms with van der Waals surface area (Å²) >= 11 is 1.28. The Bertz CT molecular complexity index is 1490. The Kier molecular flexibility index (Phi) is 6.83. The average molecular weight is 508 g/mol. The molecule has 1 saturated heterocycles. The minimum absolute atomic E-state index is 0.0616. The minimum atomic E-state index is -0.494. The maximum absolute atomic E-state index is 13.4. The van der Waals surface area contributed by atoms with Crippen LogP contribution in [-0.4, -0.2) is 21.7 Å². The summed E-state index contributed by atoms with van der Waals surface area (Å²) in [6.07, 6.45) is 1.61. The number of nitrogens with zero attached hydrogens (tertiary/aromatic N) is 2. The molecule has 2 amide bonds. The maximum Gasteiger partial charge on any atom is 0.280 e. The lowest BCUT2D eigenvalue weighted by atomic mass is 10.0. The number of thioether (sulfide) groups is 1. The van der Waals surface area contributed by atoms with Crippen LogP contribution in [0.15, 0.2) is 114 Å². The van der Waals surface area contributed by atoms with E-state index in [1.807, 2.05) is 72.8 Å². The van der Waals surface area contributed by atoms with Gasteiger partial charge in [-0.3, -0.25) is 25.1 Å². The number of non-ortho nitro benzene ring substituents is 1. The Balaban J connectivity index is 1.41. The van der Waals surface area contributed by atoms with Gasteiger partial charge in [0.2, 0.25) is 0 Å². The number of nitrogens with one attached hydrogen (secondary N) is 1. The highest BCUT2D eigenvalue weighted by atomic mass is 32.2. The molecule has 1 aliphatic rings. The molecule has 1 fully saturated rings. The van der Waals surface area contributed by atoms with E-state index in [4.69, 9.17) is 0 Å². The van der Waals surface area contributed by atoms with Gasteiger partial charge >= 0.3 is 0 Å². The van der Waals surface area contributed by atoms with Crippen molar-refractivity contribution < 1.29 is 14.5 Å². The standard InChI is InChI=1S/C29H21N3O4S/c33-27(23-16-14-22(15-17-23)21-9-3-1-4-10-21)30-31-28(34)26(37-29(31)24-11-5-2-6-12-24)19-20-8-7-13-25(18-20)32(35)36/h1-19,29H,(H,30,33)/b26-19-. The van der Waals surface area contributed by atoms with E-state index in [0.29, 0.717) is 16.0 Å².